The summed E-state index contributed by atoms with van der Waals surface area (Å²) in [7, 11) is 0. The van der Waals surface area contributed by atoms with Crippen LogP contribution in [0.4, 0.5) is 11.4 Å². The van der Waals surface area contributed by atoms with E-state index < -0.39 is 5.92 Å². The zero-order valence-corrected chi connectivity index (χ0v) is 11.6. The fourth-order valence-corrected chi connectivity index (χ4v) is 2.50. The lowest BCUT2D eigenvalue weighted by atomic mass is 9.97. The molecule has 5 nitrogen and oxygen atoms in total. The van der Waals surface area contributed by atoms with Crippen LogP contribution in [-0.2, 0) is 9.59 Å². The Bertz CT molecular complexity index is 712. The fourth-order valence-electron chi connectivity index (χ4n) is 2.50. The Balaban J connectivity index is 1.72. The number of anilines is 2. The number of nitrogens with one attached hydrogen (secondary N) is 2. The molecule has 21 heavy (non-hydrogen) atoms. The van der Waals surface area contributed by atoms with Crippen molar-refractivity contribution >= 4 is 23.2 Å². The summed E-state index contributed by atoms with van der Waals surface area (Å²) in [5, 5.41) is 5.60. The van der Waals surface area contributed by atoms with Crippen molar-refractivity contribution in [1.29, 1.82) is 0 Å². The van der Waals surface area contributed by atoms with Crippen molar-refractivity contribution < 1.29 is 9.59 Å². The van der Waals surface area contributed by atoms with Gasteiger partial charge in [-0.1, -0.05) is 18.2 Å². The highest BCUT2D eigenvalue weighted by Crippen LogP contribution is 2.34. The van der Waals surface area contributed by atoms with Crippen molar-refractivity contribution in [3.63, 3.8) is 0 Å². The number of pyridine rings is 1. The molecule has 5 heteroatoms. The Morgan fingerprint density at radius 3 is 2.95 bits per heavy atom. The van der Waals surface area contributed by atoms with Gasteiger partial charge < -0.3 is 10.6 Å². The molecule has 1 aromatic heterocycles. The third-order valence-electron chi connectivity index (χ3n) is 3.48. The Morgan fingerprint density at radius 1 is 1.33 bits per heavy atom. The van der Waals surface area contributed by atoms with Crippen LogP contribution in [0.1, 0.15) is 23.6 Å². The summed E-state index contributed by atoms with van der Waals surface area (Å²) in [6, 6.07) is 11.0. The van der Waals surface area contributed by atoms with Gasteiger partial charge in [-0.3, -0.25) is 14.6 Å². The van der Waals surface area contributed by atoms with E-state index in [2.05, 4.69) is 15.6 Å². The van der Waals surface area contributed by atoms with Gasteiger partial charge in [0.25, 0.3) is 0 Å². The van der Waals surface area contributed by atoms with Crippen LogP contribution in [0.3, 0.4) is 0 Å². The molecular formula is C16H15N3O2. The number of fused-ring (bicyclic) bond motifs is 1. The summed E-state index contributed by atoms with van der Waals surface area (Å²) in [4.78, 5) is 28.2. The fraction of sp³-hybridized carbons (Fsp3) is 0.188. The van der Waals surface area contributed by atoms with E-state index in [9.17, 15) is 9.59 Å². The highest BCUT2D eigenvalue weighted by molar-refractivity contribution is 6.06. The molecule has 2 N–H and O–H groups in total. The molecule has 1 aromatic carbocycles. The lowest BCUT2D eigenvalue weighted by molar-refractivity contribution is -0.122. The molecule has 2 heterocycles. The average Bonchev–Trinajstić information content (AvgIpc) is 2.75. The molecule has 1 aliphatic heterocycles. The van der Waals surface area contributed by atoms with Crippen LogP contribution in [0.5, 0.6) is 0 Å². The average molecular weight is 281 g/mol. The minimum absolute atomic E-state index is 0.128. The Labute approximate surface area is 122 Å². The van der Waals surface area contributed by atoms with Gasteiger partial charge in [0.2, 0.25) is 11.8 Å². The van der Waals surface area contributed by atoms with Crippen LogP contribution >= 0.6 is 0 Å². The molecule has 0 fully saturated rings. The molecule has 0 radical (unpaired) electrons. The molecule has 0 saturated carbocycles. The van der Waals surface area contributed by atoms with Crippen LogP contribution in [-0.4, -0.2) is 16.8 Å². The normalized spacial score (nSPS) is 16.2. The first-order valence-corrected chi connectivity index (χ1v) is 6.76. The molecule has 0 aliphatic carbocycles. The number of hydrogen-bond acceptors (Lipinski definition) is 3. The summed E-state index contributed by atoms with van der Waals surface area (Å²) < 4.78 is 0. The van der Waals surface area contributed by atoms with Crippen LogP contribution in [0, 0.1) is 6.92 Å². The second-order valence-electron chi connectivity index (χ2n) is 5.07. The van der Waals surface area contributed by atoms with Gasteiger partial charge >= 0.3 is 0 Å². The van der Waals surface area contributed by atoms with Gasteiger partial charge in [-0.2, -0.15) is 0 Å². The van der Waals surface area contributed by atoms with Gasteiger partial charge in [-0.05, 0) is 30.7 Å². The highest BCUT2D eigenvalue weighted by Gasteiger charge is 2.31. The molecule has 0 bridgehead atoms. The summed E-state index contributed by atoms with van der Waals surface area (Å²) in [5.41, 5.74) is 3.19. The number of aryl methyl sites for hydroxylation is 1. The number of nitrogens with zero attached hydrogens (tertiary/aromatic N) is 1. The van der Waals surface area contributed by atoms with E-state index in [-0.39, 0.29) is 18.2 Å². The quantitative estimate of drug-likeness (QED) is 0.907. The van der Waals surface area contributed by atoms with E-state index in [1.807, 2.05) is 31.2 Å². The lowest BCUT2D eigenvalue weighted by Gasteiger charge is -2.09. The van der Waals surface area contributed by atoms with Gasteiger partial charge in [0.15, 0.2) is 0 Å². The maximum absolute atomic E-state index is 12.1. The molecule has 0 spiro atoms. The number of para-hydroxylation sites is 1. The zero-order chi connectivity index (χ0) is 14.8. The number of aromatic nitrogens is 1. The predicted octanol–water partition coefficient (Wildman–Crippen LogP) is 2.45. The van der Waals surface area contributed by atoms with Crippen molar-refractivity contribution in [2.75, 3.05) is 10.6 Å². The maximum atomic E-state index is 12.1. The number of amides is 2. The summed E-state index contributed by atoms with van der Waals surface area (Å²) in [6.07, 6.45) is 1.77. The topological polar surface area (TPSA) is 71.1 Å². The predicted molar refractivity (Wildman–Crippen MR) is 80.0 cm³/mol. The van der Waals surface area contributed by atoms with Crippen LogP contribution < -0.4 is 10.6 Å². The molecule has 1 atom stereocenters. The molecule has 1 unspecified atom stereocenters. The third kappa shape index (κ3) is 2.76. The van der Waals surface area contributed by atoms with Crippen molar-refractivity contribution in [2.45, 2.75) is 19.3 Å². The van der Waals surface area contributed by atoms with Gasteiger partial charge in [-0.15, -0.1) is 0 Å². The second kappa shape index (κ2) is 5.36. The molecule has 1 aliphatic rings. The SMILES string of the molecule is Cc1cc(NC(=O)CC2C(=O)Nc3ccccc32)ccn1. The van der Waals surface area contributed by atoms with Crippen molar-refractivity contribution in [2.24, 2.45) is 0 Å². The van der Waals surface area contributed by atoms with Gasteiger partial charge in [-0.25, -0.2) is 0 Å². The smallest absolute Gasteiger partial charge is 0.232 e. The number of carbonyl (C=O) groups excluding carboxylic acids is 2. The van der Waals surface area contributed by atoms with E-state index in [0.29, 0.717) is 5.69 Å². The first-order valence-electron chi connectivity index (χ1n) is 6.76. The first-order chi connectivity index (χ1) is 10.1. The molecule has 3 rings (SSSR count). The standard InChI is InChI=1S/C16H15N3O2/c1-10-8-11(6-7-17-10)18-15(20)9-13-12-4-2-3-5-14(12)19-16(13)21/h2-8,13H,9H2,1H3,(H,19,21)(H,17,18,20). The van der Waals surface area contributed by atoms with Crippen LogP contribution in [0.25, 0.3) is 0 Å². The van der Waals surface area contributed by atoms with Crippen molar-refractivity contribution in [3.05, 3.63) is 53.9 Å². The second-order valence-corrected chi connectivity index (χ2v) is 5.07. The van der Waals surface area contributed by atoms with Gasteiger partial charge in [0, 0.05) is 29.7 Å². The summed E-state index contributed by atoms with van der Waals surface area (Å²) >= 11 is 0. The largest absolute Gasteiger partial charge is 0.326 e. The number of hydrogen-bond donors (Lipinski definition) is 2. The number of benzene rings is 1. The van der Waals surface area contributed by atoms with E-state index in [1.165, 1.54) is 0 Å². The summed E-state index contributed by atoms with van der Waals surface area (Å²) in [5.74, 6) is -0.737. The van der Waals surface area contributed by atoms with Crippen LogP contribution in [0.2, 0.25) is 0 Å². The highest BCUT2D eigenvalue weighted by atomic mass is 16.2. The molecule has 106 valence electrons. The Morgan fingerprint density at radius 2 is 2.14 bits per heavy atom. The third-order valence-corrected chi connectivity index (χ3v) is 3.48. The zero-order valence-electron chi connectivity index (χ0n) is 11.6. The van der Waals surface area contributed by atoms with Crippen molar-refractivity contribution in [3.8, 4) is 0 Å². The van der Waals surface area contributed by atoms with E-state index in [0.717, 1.165) is 16.9 Å². The lowest BCUT2D eigenvalue weighted by Crippen LogP contribution is -2.20. The first kappa shape index (κ1) is 13.3. The molecular weight excluding hydrogens is 266 g/mol. The number of carbonyl (C=O) groups is 2. The maximum Gasteiger partial charge on any atom is 0.232 e. The minimum Gasteiger partial charge on any atom is -0.326 e. The van der Waals surface area contributed by atoms with E-state index >= 15 is 0 Å². The van der Waals surface area contributed by atoms with Crippen molar-refractivity contribution in [1.82, 2.24) is 4.98 Å². The van der Waals surface area contributed by atoms with E-state index in [4.69, 9.17) is 0 Å². The minimum atomic E-state index is -0.427. The van der Waals surface area contributed by atoms with E-state index in [1.54, 1.807) is 18.3 Å². The van der Waals surface area contributed by atoms with Gasteiger partial charge in [0.1, 0.15) is 0 Å². The molecule has 0 saturated heterocycles. The monoisotopic (exact) mass is 281 g/mol. The number of rotatable bonds is 3. The van der Waals surface area contributed by atoms with Gasteiger partial charge in [0.05, 0.1) is 5.92 Å². The Kier molecular flexibility index (Phi) is 3.39. The Hall–Kier alpha value is -2.69. The molecule has 2 aromatic rings. The summed E-state index contributed by atoms with van der Waals surface area (Å²) in [6.45, 7) is 1.86. The molecule has 2 amide bonds. The van der Waals surface area contributed by atoms with Crippen LogP contribution in [0.15, 0.2) is 42.6 Å².